The molecule has 5 heteroatoms. The summed E-state index contributed by atoms with van der Waals surface area (Å²) in [7, 11) is 0. The molecule has 0 fully saturated rings. The van der Waals surface area contributed by atoms with E-state index in [1.54, 1.807) is 13.0 Å². The van der Waals surface area contributed by atoms with Crippen LogP contribution in [0.1, 0.15) is 30.9 Å². The molecule has 2 unspecified atom stereocenters. The fourth-order valence-corrected chi connectivity index (χ4v) is 2.07. The van der Waals surface area contributed by atoms with E-state index in [0.717, 1.165) is 11.3 Å². The third kappa shape index (κ3) is 3.53. The van der Waals surface area contributed by atoms with Crippen molar-refractivity contribution >= 4 is 17.7 Å². The van der Waals surface area contributed by atoms with Gasteiger partial charge in [0.05, 0.1) is 11.8 Å². The van der Waals surface area contributed by atoms with Crippen LogP contribution in [0.5, 0.6) is 0 Å². The molecule has 1 aromatic rings. The zero-order valence-corrected chi connectivity index (χ0v) is 12.4. The lowest BCUT2D eigenvalue weighted by atomic mass is 9.96. The number of carbonyl (C=O) groups is 1. The lowest BCUT2D eigenvalue weighted by Crippen LogP contribution is -2.41. The Kier molecular flexibility index (Phi) is 4.87. The van der Waals surface area contributed by atoms with Crippen molar-refractivity contribution in [1.82, 2.24) is 5.32 Å². The summed E-state index contributed by atoms with van der Waals surface area (Å²) in [4.78, 5) is 11.7. The molecule has 4 nitrogen and oxygen atoms in total. The lowest BCUT2D eigenvalue weighted by Gasteiger charge is -2.24. The molecule has 1 rings (SSSR count). The van der Waals surface area contributed by atoms with Gasteiger partial charge in [-0.3, -0.25) is 4.79 Å². The first-order valence-corrected chi connectivity index (χ1v) is 7.17. The number of amides is 1. The average Bonchev–Trinajstić information content (AvgIpc) is 2.65. The standard InChI is InChI=1S/C13H21NO3S/c1-8-6-11(9(2)17-8)13(4,16)7-14-12(15)10(3)18-5/h6,10,16H,7H2,1-5H3,(H,14,15). The van der Waals surface area contributed by atoms with Crippen molar-refractivity contribution in [2.75, 3.05) is 12.8 Å². The van der Waals surface area contributed by atoms with Crippen molar-refractivity contribution < 1.29 is 14.3 Å². The first kappa shape index (κ1) is 15.1. The van der Waals surface area contributed by atoms with E-state index in [-0.39, 0.29) is 17.7 Å². The molecule has 1 amide bonds. The Bertz CT molecular complexity index is 426. The molecule has 0 aromatic carbocycles. The minimum atomic E-state index is -1.12. The molecule has 1 aromatic heterocycles. The second-order valence-corrected chi connectivity index (χ2v) is 5.88. The molecule has 2 N–H and O–H groups in total. The molecule has 0 aliphatic heterocycles. The maximum absolute atomic E-state index is 11.7. The van der Waals surface area contributed by atoms with Gasteiger partial charge in [-0.25, -0.2) is 0 Å². The summed E-state index contributed by atoms with van der Waals surface area (Å²) in [6, 6.07) is 1.81. The van der Waals surface area contributed by atoms with Crippen molar-refractivity contribution in [2.45, 2.75) is 38.5 Å². The highest BCUT2D eigenvalue weighted by molar-refractivity contribution is 7.99. The lowest BCUT2D eigenvalue weighted by molar-refractivity contribution is -0.121. The van der Waals surface area contributed by atoms with Gasteiger partial charge in [-0.1, -0.05) is 0 Å². The van der Waals surface area contributed by atoms with Crippen LogP contribution < -0.4 is 5.32 Å². The minimum absolute atomic E-state index is 0.0688. The van der Waals surface area contributed by atoms with E-state index < -0.39 is 5.60 Å². The Morgan fingerprint density at radius 1 is 1.61 bits per heavy atom. The molecule has 2 atom stereocenters. The fourth-order valence-electron chi connectivity index (χ4n) is 1.77. The van der Waals surface area contributed by atoms with Gasteiger partial charge in [0.2, 0.25) is 5.91 Å². The third-order valence-corrected chi connectivity index (χ3v) is 3.87. The van der Waals surface area contributed by atoms with Crippen molar-refractivity contribution in [3.05, 3.63) is 23.2 Å². The number of hydrogen-bond acceptors (Lipinski definition) is 4. The van der Waals surface area contributed by atoms with E-state index >= 15 is 0 Å². The maximum atomic E-state index is 11.7. The van der Waals surface area contributed by atoms with Crippen molar-refractivity contribution in [1.29, 1.82) is 0 Å². The van der Waals surface area contributed by atoms with E-state index in [9.17, 15) is 9.90 Å². The normalized spacial score (nSPS) is 16.1. The van der Waals surface area contributed by atoms with Crippen LogP contribution in [-0.2, 0) is 10.4 Å². The van der Waals surface area contributed by atoms with Crippen molar-refractivity contribution in [3.63, 3.8) is 0 Å². The minimum Gasteiger partial charge on any atom is -0.466 e. The summed E-state index contributed by atoms with van der Waals surface area (Å²) in [5.41, 5.74) is -0.396. The highest BCUT2D eigenvalue weighted by Crippen LogP contribution is 2.26. The Labute approximate surface area is 112 Å². The van der Waals surface area contributed by atoms with Gasteiger partial charge in [0, 0.05) is 5.56 Å². The van der Waals surface area contributed by atoms with Gasteiger partial charge in [0.1, 0.15) is 17.1 Å². The predicted molar refractivity (Wildman–Crippen MR) is 73.7 cm³/mol. The number of hydrogen-bond donors (Lipinski definition) is 2. The Hall–Kier alpha value is -0.940. The molecular weight excluding hydrogens is 250 g/mol. The van der Waals surface area contributed by atoms with E-state index in [2.05, 4.69) is 5.32 Å². The summed E-state index contributed by atoms with van der Waals surface area (Å²) in [6.07, 6.45) is 1.88. The zero-order chi connectivity index (χ0) is 13.9. The van der Waals surface area contributed by atoms with Crippen molar-refractivity contribution in [2.24, 2.45) is 0 Å². The van der Waals surface area contributed by atoms with Gasteiger partial charge in [-0.15, -0.1) is 0 Å². The molecule has 0 aliphatic rings. The summed E-state index contributed by atoms with van der Waals surface area (Å²) in [5.74, 6) is 1.37. The topological polar surface area (TPSA) is 62.5 Å². The van der Waals surface area contributed by atoms with Crippen LogP contribution in [0.4, 0.5) is 0 Å². The Balaban J connectivity index is 2.71. The summed E-state index contributed by atoms with van der Waals surface area (Å²) in [6.45, 7) is 7.33. The average molecular weight is 271 g/mol. The van der Waals surface area contributed by atoms with Crippen LogP contribution in [0.2, 0.25) is 0 Å². The van der Waals surface area contributed by atoms with Crippen LogP contribution in [0.3, 0.4) is 0 Å². The second kappa shape index (κ2) is 5.80. The Morgan fingerprint density at radius 3 is 2.67 bits per heavy atom. The van der Waals surface area contributed by atoms with Crippen LogP contribution in [-0.4, -0.2) is 29.1 Å². The molecule has 0 spiro atoms. The SMILES string of the molecule is CSC(C)C(=O)NCC(C)(O)c1cc(C)oc1C. The molecule has 0 radical (unpaired) electrons. The highest BCUT2D eigenvalue weighted by atomic mass is 32.2. The van der Waals surface area contributed by atoms with Gasteiger partial charge >= 0.3 is 0 Å². The van der Waals surface area contributed by atoms with Crippen LogP contribution >= 0.6 is 11.8 Å². The summed E-state index contributed by atoms with van der Waals surface area (Å²) in [5, 5.41) is 13.0. The molecule has 0 saturated carbocycles. The number of aryl methyl sites for hydroxylation is 2. The van der Waals surface area contributed by atoms with E-state index in [1.807, 2.05) is 27.0 Å². The molecule has 0 bridgehead atoms. The number of aliphatic hydroxyl groups is 1. The summed E-state index contributed by atoms with van der Waals surface area (Å²) >= 11 is 1.47. The predicted octanol–water partition coefficient (Wildman–Crippen LogP) is 1.97. The Morgan fingerprint density at radius 2 is 2.22 bits per heavy atom. The smallest absolute Gasteiger partial charge is 0.232 e. The fraction of sp³-hybridized carbons (Fsp3) is 0.615. The quantitative estimate of drug-likeness (QED) is 0.859. The first-order chi connectivity index (χ1) is 8.27. The van der Waals surface area contributed by atoms with E-state index in [4.69, 9.17) is 4.42 Å². The van der Waals surface area contributed by atoms with Gasteiger partial charge < -0.3 is 14.8 Å². The van der Waals surface area contributed by atoms with Gasteiger partial charge in [-0.05, 0) is 40.0 Å². The van der Waals surface area contributed by atoms with Crippen LogP contribution in [0, 0.1) is 13.8 Å². The van der Waals surface area contributed by atoms with Gasteiger partial charge in [0.25, 0.3) is 0 Å². The monoisotopic (exact) mass is 271 g/mol. The van der Waals surface area contributed by atoms with E-state index in [0.29, 0.717) is 5.76 Å². The van der Waals surface area contributed by atoms with Crippen molar-refractivity contribution in [3.8, 4) is 0 Å². The zero-order valence-electron chi connectivity index (χ0n) is 11.5. The largest absolute Gasteiger partial charge is 0.466 e. The first-order valence-electron chi connectivity index (χ1n) is 5.88. The molecule has 18 heavy (non-hydrogen) atoms. The maximum Gasteiger partial charge on any atom is 0.232 e. The third-order valence-electron chi connectivity index (χ3n) is 2.95. The number of rotatable bonds is 5. The van der Waals surface area contributed by atoms with Gasteiger partial charge in [0.15, 0.2) is 0 Å². The number of nitrogens with one attached hydrogen (secondary N) is 1. The summed E-state index contributed by atoms with van der Waals surface area (Å²) < 4.78 is 5.40. The highest BCUT2D eigenvalue weighted by Gasteiger charge is 2.28. The van der Waals surface area contributed by atoms with Crippen LogP contribution in [0.15, 0.2) is 10.5 Å². The molecular formula is C13H21NO3S. The second-order valence-electron chi connectivity index (χ2n) is 4.70. The number of thioether (sulfide) groups is 1. The van der Waals surface area contributed by atoms with Gasteiger partial charge in [-0.2, -0.15) is 11.8 Å². The molecule has 102 valence electrons. The number of carbonyl (C=O) groups excluding carboxylic acids is 1. The van der Waals surface area contributed by atoms with Crippen LogP contribution in [0.25, 0.3) is 0 Å². The molecule has 0 saturated heterocycles. The molecule has 1 heterocycles. The molecule has 0 aliphatic carbocycles. The van der Waals surface area contributed by atoms with E-state index in [1.165, 1.54) is 11.8 Å². The number of furan rings is 1.